The van der Waals surface area contributed by atoms with Crippen molar-refractivity contribution in [1.29, 1.82) is 0 Å². The first-order valence-corrected chi connectivity index (χ1v) is 7.05. The number of alkyl halides is 3. The topological polar surface area (TPSA) is 59.2 Å². The maximum atomic E-state index is 12.6. The highest BCUT2D eigenvalue weighted by Crippen LogP contribution is 2.29. The molecule has 128 valence electrons. The van der Waals surface area contributed by atoms with Crippen molar-refractivity contribution in [3.05, 3.63) is 59.4 Å². The molecule has 0 saturated heterocycles. The van der Waals surface area contributed by atoms with Crippen molar-refractivity contribution in [2.45, 2.75) is 18.6 Å². The zero-order valence-corrected chi connectivity index (χ0v) is 13.3. The molecule has 2 N–H and O–H groups in total. The van der Waals surface area contributed by atoms with Crippen LogP contribution in [0, 0.1) is 0 Å². The molecular formula is C16H15ClF3N3O. The predicted molar refractivity (Wildman–Crippen MR) is 86.3 cm³/mol. The minimum atomic E-state index is -4.53. The molecule has 1 amide bonds. The first kappa shape index (κ1) is 18.2. The number of amides is 1. The highest BCUT2D eigenvalue weighted by molar-refractivity contribution is 6.06. The third kappa shape index (κ3) is 3.52. The number of pyridine rings is 1. The average Bonchev–Trinajstić information content (AvgIpc) is 2.52. The van der Waals surface area contributed by atoms with E-state index in [-0.39, 0.29) is 24.0 Å². The minimum Gasteiger partial charge on any atom is -0.326 e. The molecule has 2 aromatic rings. The molecule has 1 unspecified atom stereocenters. The van der Waals surface area contributed by atoms with E-state index in [1.54, 1.807) is 12.1 Å². The monoisotopic (exact) mass is 357 g/mol. The van der Waals surface area contributed by atoms with Gasteiger partial charge in [0, 0.05) is 24.5 Å². The maximum absolute atomic E-state index is 12.6. The van der Waals surface area contributed by atoms with Crippen LogP contribution in [0.15, 0.2) is 42.6 Å². The molecule has 0 saturated carbocycles. The van der Waals surface area contributed by atoms with Gasteiger partial charge in [0.1, 0.15) is 5.69 Å². The van der Waals surface area contributed by atoms with Crippen LogP contribution in [0.3, 0.4) is 0 Å². The summed E-state index contributed by atoms with van der Waals surface area (Å²) in [4.78, 5) is 17.4. The Hall–Kier alpha value is -2.12. The molecule has 0 bridgehead atoms. The number of nitrogens with zero attached hydrogens (tertiary/aromatic N) is 2. The molecule has 3 rings (SSSR count). The van der Waals surface area contributed by atoms with Crippen molar-refractivity contribution in [2.24, 2.45) is 5.73 Å². The standard InChI is InChI=1S/C16H14F3N3O.ClH/c17-16(18,19)14-6-5-11(8-21-14)15(23)22-9-12(20)7-10-3-1-2-4-13(10)22;/h1-6,8,12H,7,9,20H2;1H. The fourth-order valence-corrected chi connectivity index (χ4v) is 2.66. The van der Waals surface area contributed by atoms with E-state index in [2.05, 4.69) is 4.98 Å². The molecule has 24 heavy (non-hydrogen) atoms. The van der Waals surface area contributed by atoms with E-state index in [0.717, 1.165) is 29.6 Å². The zero-order valence-electron chi connectivity index (χ0n) is 12.5. The van der Waals surface area contributed by atoms with Crippen LogP contribution in [-0.4, -0.2) is 23.5 Å². The van der Waals surface area contributed by atoms with Gasteiger partial charge in [0.05, 0.1) is 5.56 Å². The second-order valence-electron chi connectivity index (χ2n) is 5.44. The Labute approximate surface area is 142 Å². The van der Waals surface area contributed by atoms with Gasteiger partial charge < -0.3 is 10.6 Å². The van der Waals surface area contributed by atoms with Gasteiger partial charge in [0.2, 0.25) is 0 Å². The van der Waals surface area contributed by atoms with Crippen molar-refractivity contribution < 1.29 is 18.0 Å². The molecule has 0 radical (unpaired) electrons. The third-order valence-electron chi connectivity index (χ3n) is 3.73. The molecule has 1 atom stereocenters. The maximum Gasteiger partial charge on any atom is 0.433 e. The Balaban J connectivity index is 0.00000208. The quantitative estimate of drug-likeness (QED) is 0.853. The van der Waals surface area contributed by atoms with Crippen LogP contribution in [0.25, 0.3) is 0 Å². The van der Waals surface area contributed by atoms with Crippen LogP contribution in [0.1, 0.15) is 21.6 Å². The van der Waals surface area contributed by atoms with Crippen LogP contribution in [0.2, 0.25) is 0 Å². The summed E-state index contributed by atoms with van der Waals surface area (Å²) in [6.45, 7) is 0.316. The van der Waals surface area contributed by atoms with E-state index in [1.807, 2.05) is 12.1 Å². The average molecular weight is 358 g/mol. The molecule has 2 heterocycles. The highest BCUT2D eigenvalue weighted by atomic mass is 35.5. The highest BCUT2D eigenvalue weighted by Gasteiger charge is 2.33. The summed E-state index contributed by atoms with van der Waals surface area (Å²) in [5.41, 5.74) is 6.73. The van der Waals surface area contributed by atoms with Gasteiger partial charge in [-0.25, -0.2) is 0 Å². The van der Waals surface area contributed by atoms with Crippen molar-refractivity contribution in [3.63, 3.8) is 0 Å². The summed E-state index contributed by atoms with van der Waals surface area (Å²) in [7, 11) is 0. The van der Waals surface area contributed by atoms with E-state index in [0.29, 0.717) is 13.0 Å². The third-order valence-corrected chi connectivity index (χ3v) is 3.73. The zero-order chi connectivity index (χ0) is 16.6. The number of para-hydroxylation sites is 1. The molecule has 8 heteroatoms. The van der Waals surface area contributed by atoms with E-state index >= 15 is 0 Å². The van der Waals surface area contributed by atoms with Crippen LogP contribution in [0.4, 0.5) is 18.9 Å². The lowest BCUT2D eigenvalue weighted by Crippen LogP contribution is -2.46. The molecule has 4 nitrogen and oxygen atoms in total. The number of carbonyl (C=O) groups is 1. The molecule has 1 aliphatic heterocycles. The fraction of sp³-hybridized carbons (Fsp3) is 0.250. The van der Waals surface area contributed by atoms with Crippen LogP contribution in [0.5, 0.6) is 0 Å². The second-order valence-corrected chi connectivity index (χ2v) is 5.44. The second kappa shape index (κ2) is 6.78. The lowest BCUT2D eigenvalue weighted by atomic mass is 9.98. The van der Waals surface area contributed by atoms with Gasteiger partial charge >= 0.3 is 6.18 Å². The molecule has 0 fully saturated rings. The molecule has 1 aliphatic rings. The normalized spacial score (nSPS) is 17.0. The fourth-order valence-electron chi connectivity index (χ4n) is 2.66. The van der Waals surface area contributed by atoms with Crippen molar-refractivity contribution >= 4 is 24.0 Å². The number of rotatable bonds is 1. The van der Waals surface area contributed by atoms with Crippen molar-refractivity contribution in [3.8, 4) is 0 Å². The molecule has 1 aromatic heterocycles. The summed E-state index contributed by atoms with van der Waals surface area (Å²) in [5.74, 6) is -0.408. The van der Waals surface area contributed by atoms with Gasteiger partial charge in [-0.2, -0.15) is 13.2 Å². The first-order chi connectivity index (χ1) is 10.9. The number of nitrogens with two attached hydrogens (primary N) is 1. The summed E-state index contributed by atoms with van der Waals surface area (Å²) in [5, 5.41) is 0. The summed E-state index contributed by atoms with van der Waals surface area (Å²) >= 11 is 0. The van der Waals surface area contributed by atoms with E-state index < -0.39 is 17.8 Å². The van der Waals surface area contributed by atoms with E-state index in [4.69, 9.17) is 5.73 Å². The minimum absolute atomic E-state index is 0. The lowest BCUT2D eigenvalue weighted by Gasteiger charge is -2.33. The van der Waals surface area contributed by atoms with Crippen molar-refractivity contribution in [1.82, 2.24) is 4.98 Å². The van der Waals surface area contributed by atoms with Gasteiger partial charge in [-0.15, -0.1) is 12.4 Å². The predicted octanol–water partition coefficient (Wildman–Crippen LogP) is 3.05. The Kier molecular flexibility index (Phi) is 5.15. The molecular weight excluding hydrogens is 343 g/mol. The summed E-state index contributed by atoms with van der Waals surface area (Å²) in [6, 6.07) is 9.09. The number of benzene rings is 1. The number of aromatic nitrogens is 1. The van der Waals surface area contributed by atoms with Crippen LogP contribution >= 0.6 is 12.4 Å². The molecule has 0 aliphatic carbocycles. The Bertz CT molecular complexity index is 734. The van der Waals surface area contributed by atoms with E-state index in [9.17, 15) is 18.0 Å². The van der Waals surface area contributed by atoms with Gasteiger partial charge in [-0.3, -0.25) is 9.78 Å². The number of hydrogen-bond acceptors (Lipinski definition) is 3. The summed E-state index contributed by atoms with van der Waals surface area (Å²) in [6.07, 6.45) is -2.92. The van der Waals surface area contributed by atoms with Crippen LogP contribution < -0.4 is 10.6 Å². The van der Waals surface area contributed by atoms with Gasteiger partial charge in [-0.05, 0) is 30.2 Å². The first-order valence-electron chi connectivity index (χ1n) is 7.05. The van der Waals surface area contributed by atoms with Gasteiger partial charge in [0.25, 0.3) is 5.91 Å². The van der Waals surface area contributed by atoms with Crippen LogP contribution in [-0.2, 0) is 12.6 Å². The number of anilines is 1. The lowest BCUT2D eigenvalue weighted by molar-refractivity contribution is -0.141. The largest absolute Gasteiger partial charge is 0.433 e. The Morgan fingerprint density at radius 1 is 1.21 bits per heavy atom. The summed E-state index contributed by atoms with van der Waals surface area (Å²) < 4.78 is 37.6. The Morgan fingerprint density at radius 2 is 1.92 bits per heavy atom. The SMILES string of the molecule is Cl.NC1Cc2ccccc2N(C(=O)c2ccc(C(F)(F)F)nc2)C1. The Morgan fingerprint density at radius 3 is 2.54 bits per heavy atom. The molecule has 0 spiro atoms. The number of carbonyl (C=O) groups excluding carboxylic acids is 1. The smallest absolute Gasteiger partial charge is 0.326 e. The van der Waals surface area contributed by atoms with Gasteiger partial charge in [-0.1, -0.05) is 18.2 Å². The number of halogens is 4. The van der Waals surface area contributed by atoms with E-state index in [1.165, 1.54) is 4.90 Å². The van der Waals surface area contributed by atoms with Gasteiger partial charge in [0.15, 0.2) is 0 Å². The number of hydrogen-bond donors (Lipinski definition) is 1. The number of fused-ring (bicyclic) bond motifs is 1. The molecule has 1 aromatic carbocycles. The van der Waals surface area contributed by atoms with Crippen molar-refractivity contribution in [2.75, 3.05) is 11.4 Å².